The number of carbonyl (C=O) groups excluding carboxylic acids is 1. The zero-order valence-corrected chi connectivity index (χ0v) is 8.69. The zero-order chi connectivity index (χ0) is 8.01. The molecule has 2 heterocycles. The van der Waals surface area contributed by atoms with Crippen LogP contribution in [-0.4, -0.2) is 70.3 Å². The summed E-state index contributed by atoms with van der Waals surface area (Å²) < 4.78 is 5.00. The Morgan fingerprint density at radius 1 is 1.67 bits per heavy atom. The number of carboxylic acid groups (broad SMARTS) is 1. The van der Waals surface area contributed by atoms with Gasteiger partial charge in [0, 0.05) is 29.6 Å². The van der Waals surface area contributed by atoms with Crippen molar-refractivity contribution in [2.24, 2.45) is 0 Å². The molecule has 0 bridgehead atoms. The second-order valence-corrected chi connectivity index (χ2v) is 2.67. The smallest absolute Gasteiger partial charge is 0.334 e. The summed E-state index contributed by atoms with van der Waals surface area (Å²) in [6.45, 7) is 0.207. The van der Waals surface area contributed by atoms with Crippen LogP contribution in [-0.2, 0) is 14.3 Å². The Hall–Kier alpha value is -0.100. The van der Waals surface area contributed by atoms with Gasteiger partial charge in [-0.2, -0.15) is 0 Å². The van der Waals surface area contributed by atoms with E-state index in [1.807, 2.05) is 0 Å². The first-order valence-electron chi connectivity index (χ1n) is 3.36. The van der Waals surface area contributed by atoms with Crippen LogP contribution in [0.25, 0.3) is 0 Å². The van der Waals surface area contributed by atoms with Gasteiger partial charge >= 0.3 is 5.97 Å². The molecular weight excluding hydrogens is 173 g/mol. The standard InChI is InChI=1S/C6H7NO4.Na/c8-4-1-5-7(4)2-3(11-5)6(9)10;/h3,5H,1-2H2,(H,9,10);/t3-,5+;/m1./s1. The zero-order valence-electron chi connectivity index (χ0n) is 6.69. The summed E-state index contributed by atoms with van der Waals surface area (Å²) in [5.41, 5.74) is 0. The molecule has 12 heavy (non-hydrogen) atoms. The van der Waals surface area contributed by atoms with E-state index in [2.05, 4.69) is 0 Å². The van der Waals surface area contributed by atoms with Gasteiger partial charge in [-0.3, -0.25) is 4.79 Å². The largest absolute Gasteiger partial charge is 0.479 e. The SMILES string of the molecule is O=C(O)[C@H]1CN2C(=O)C[C@@H]2O1.[Na]. The maximum Gasteiger partial charge on any atom is 0.334 e. The molecule has 0 saturated carbocycles. The predicted octanol–water partition coefficient (Wildman–Crippen LogP) is -1.35. The summed E-state index contributed by atoms with van der Waals surface area (Å²) in [7, 11) is 0. The van der Waals surface area contributed by atoms with E-state index in [1.165, 1.54) is 4.90 Å². The molecular formula is C6H7NNaO4. The average molecular weight is 180 g/mol. The van der Waals surface area contributed by atoms with Gasteiger partial charge in [-0.25, -0.2) is 4.79 Å². The molecule has 0 aliphatic carbocycles. The number of hydrogen-bond acceptors (Lipinski definition) is 3. The molecule has 2 aliphatic rings. The summed E-state index contributed by atoms with van der Waals surface area (Å²) >= 11 is 0. The fourth-order valence-corrected chi connectivity index (χ4v) is 1.31. The third-order valence-electron chi connectivity index (χ3n) is 1.98. The fourth-order valence-electron chi connectivity index (χ4n) is 1.31. The second-order valence-electron chi connectivity index (χ2n) is 2.67. The van der Waals surface area contributed by atoms with Crippen LogP contribution >= 0.6 is 0 Å². The van der Waals surface area contributed by atoms with Gasteiger partial charge in [0.25, 0.3) is 0 Å². The van der Waals surface area contributed by atoms with E-state index in [0.717, 1.165) is 0 Å². The van der Waals surface area contributed by atoms with E-state index in [0.29, 0.717) is 6.42 Å². The summed E-state index contributed by atoms with van der Waals surface area (Å²) in [5.74, 6) is -1.01. The van der Waals surface area contributed by atoms with Gasteiger partial charge in [0.15, 0.2) is 6.10 Å². The Labute approximate surface area is 91.0 Å². The topological polar surface area (TPSA) is 66.8 Å². The number of ether oxygens (including phenoxy) is 1. The Morgan fingerprint density at radius 3 is 2.75 bits per heavy atom. The number of nitrogens with zero attached hydrogens (tertiary/aromatic N) is 1. The Kier molecular flexibility index (Phi) is 2.77. The van der Waals surface area contributed by atoms with Crippen molar-refractivity contribution >= 4 is 41.4 Å². The van der Waals surface area contributed by atoms with Crippen molar-refractivity contribution in [1.29, 1.82) is 0 Å². The first-order valence-corrected chi connectivity index (χ1v) is 3.36. The fraction of sp³-hybridized carbons (Fsp3) is 0.667. The van der Waals surface area contributed by atoms with Crippen LogP contribution in [0.3, 0.4) is 0 Å². The van der Waals surface area contributed by atoms with Gasteiger partial charge in [-0.15, -0.1) is 0 Å². The Balaban J connectivity index is 0.000000720. The van der Waals surface area contributed by atoms with E-state index in [-0.39, 0.29) is 48.2 Å². The summed E-state index contributed by atoms with van der Waals surface area (Å²) in [5, 5.41) is 8.50. The monoisotopic (exact) mass is 180 g/mol. The van der Waals surface area contributed by atoms with E-state index in [1.54, 1.807) is 0 Å². The molecule has 0 aromatic carbocycles. The van der Waals surface area contributed by atoms with Gasteiger partial charge in [0.2, 0.25) is 5.91 Å². The van der Waals surface area contributed by atoms with E-state index in [9.17, 15) is 9.59 Å². The van der Waals surface area contributed by atoms with Crippen molar-refractivity contribution < 1.29 is 19.4 Å². The van der Waals surface area contributed by atoms with Gasteiger partial charge in [0.05, 0.1) is 13.0 Å². The molecule has 0 unspecified atom stereocenters. The molecule has 1 radical (unpaired) electrons. The normalized spacial score (nSPS) is 32.0. The van der Waals surface area contributed by atoms with Crippen LogP contribution in [0.2, 0.25) is 0 Å². The minimum Gasteiger partial charge on any atom is -0.479 e. The number of carboxylic acids is 1. The predicted molar refractivity (Wildman–Crippen MR) is 38.4 cm³/mol. The number of aliphatic carboxylic acids is 1. The molecule has 0 spiro atoms. The summed E-state index contributed by atoms with van der Waals surface area (Å²) in [4.78, 5) is 22.5. The van der Waals surface area contributed by atoms with Gasteiger partial charge in [0.1, 0.15) is 6.23 Å². The van der Waals surface area contributed by atoms with Gasteiger partial charge in [-0.05, 0) is 0 Å². The van der Waals surface area contributed by atoms with Crippen molar-refractivity contribution in [1.82, 2.24) is 4.90 Å². The molecule has 2 rings (SSSR count). The molecule has 0 aromatic heterocycles. The molecule has 61 valence electrons. The molecule has 2 atom stereocenters. The summed E-state index contributed by atoms with van der Waals surface area (Å²) in [6, 6.07) is 0. The minimum absolute atomic E-state index is 0. The van der Waals surface area contributed by atoms with E-state index >= 15 is 0 Å². The van der Waals surface area contributed by atoms with Crippen LogP contribution in [0.5, 0.6) is 0 Å². The van der Waals surface area contributed by atoms with Crippen molar-refractivity contribution in [2.45, 2.75) is 18.8 Å². The van der Waals surface area contributed by atoms with E-state index < -0.39 is 12.1 Å². The minimum atomic E-state index is -0.993. The molecule has 2 aliphatic heterocycles. The third-order valence-corrected chi connectivity index (χ3v) is 1.98. The van der Waals surface area contributed by atoms with Gasteiger partial charge in [-0.1, -0.05) is 0 Å². The molecule has 6 heteroatoms. The molecule has 1 N–H and O–H groups in total. The van der Waals surface area contributed by atoms with Crippen LogP contribution in [0, 0.1) is 0 Å². The molecule has 1 amide bonds. The Morgan fingerprint density at radius 2 is 2.33 bits per heavy atom. The maximum absolute atomic E-state index is 10.7. The van der Waals surface area contributed by atoms with Crippen molar-refractivity contribution in [3.8, 4) is 0 Å². The van der Waals surface area contributed by atoms with Crippen LogP contribution < -0.4 is 0 Å². The molecule has 0 aromatic rings. The quantitative estimate of drug-likeness (QED) is 0.400. The number of fused-ring (bicyclic) bond motifs is 1. The molecule has 5 nitrogen and oxygen atoms in total. The van der Waals surface area contributed by atoms with Crippen molar-refractivity contribution in [3.05, 3.63) is 0 Å². The van der Waals surface area contributed by atoms with E-state index in [4.69, 9.17) is 9.84 Å². The number of hydrogen-bond donors (Lipinski definition) is 1. The van der Waals surface area contributed by atoms with Crippen molar-refractivity contribution in [3.63, 3.8) is 0 Å². The average Bonchev–Trinajstić information content (AvgIpc) is 2.26. The number of carbonyl (C=O) groups is 2. The van der Waals surface area contributed by atoms with Crippen LogP contribution in [0.4, 0.5) is 0 Å². The number of amides is 1. The van der Waals surface area contributed by atoms with Gasteiger partial charge < -0.3 is 14.7 Å². The number of β-lactam (4-membered cyclic amide) rings is 1. The first-order chi connectivity index (χ1) is 5.18. The molecule has 2 saturated heterocycles. The number of rotatable bonds is 1. The maximum atomic E-state index is 10.7. The summed E-state index contributed by atoms with van der Waals surface area (Å²) in [6.07, 6.45) is -0.737. The van der Waals surface area contributed by atoms with Crippen molar-refractivity contribution in [2.75, 3.05) is 6.54 Å². The second kappa shape index (κ2) is 3.33. The molecule has 2 fully saturated rings. The third kappa shape index (κ3) is 1.37. The van der Waals surface area contributed by atoms with Crippen LogP contribution in [0.1, 0.15) is 6.42 Å². The Bertz CT molecular complexity index is 232. The first kappa shape index (κ1) is 9.98. The van der Waals surface area contributed by atoms with Crippen LogP contribution in [0.15, 0.2) is 0 Å².